The van der Waals surface area contributed by atoms with E-state index in [2.05, 4.69) is 18.9 Å². The number of hydrogen-bond donors (Lipinski definition) is 0. The van der Waals surface area contributed by atoms with Crippen molar-refractivity contribution >= 4 is 5.71 Å². The maximum Gasteiger partial charge on any atom is 0.277 e. The first-order valence-electron chi connectivity index (χ1n) is 5.52. The Hall–Kier alpha value is -1.58. The zero-order valence-corrected chi connectivity index (χ0v) is 10.0. The highest BCUT2D eigenvalue weighted by Crippen LogP contribution is 2.22. The summed E-state index contributed by atoms with van der Waals surface area (Å²) >= 11 is 0. The zero-order valence-electron chi connectivity index (χ0n) is 10.0. The third-order valence-corrected chi connectivity index (χ3v) is 2.63. The first kappa shape index (κ1) is 10.9. The highest BCUT2D eigenvalue weighted by atomic mass is 16.3. The van der Waals surface area contributed by atoms with Crippen molar-refractivity contribution in [2.75, 3.05) is 0 Å². The van der Waals surface area contributed by atoms with Crippen LogP contribution in [0.1, 0.15) is 50.9 Å². The molecule has 0 aliphatic rings. The number of rotatable bonds is 2. The lowest BCUT2D eigenvalue weighted by atomic mass is 10.1. The van der Waals surface area contributed by atoms with Crippen molar-refractivity contribution in [1.82, 2.24) is 9.61 Å². The third-order valence-electron chi connectivity index (χ3n) is 2.63. The molecule has 2 aromatic heterocycles. The number of aromatic nitrogens is 2. The van der Waals surface area contributed by atoms with Crippen LogP contribution in [0.15, 0.2) is 21.5 Å². The van der Waals surface area contributed by atoms with Crippen molar-refractivity contribution < 1.29 is 4.42 Å². The van der Waals surface area contributed by atoms with E-state index in [1.807, 2.05) is 13.8 Å². The van der Waals surface area contributed by atoms with Crippen LogP contribution < -0.4 is 5.56 Å². The molecule has 0 N–H and O–H groups in total. The molecule has 0 aromatic carbocycles. The Balaban J connectivity index is 2.76. The van der Waals surface area contributed by atoms with E-state index in [-0.39, 0.29) is 11.5 Å². The van der Waals surface area contributed by atoms with E-state index in [4.69, 9.17) is 4.42 Å². The second-order valence-corrected chi connectivity index (χ2v) is 4.61. The fourth-order valence-corrected chi connectivity index (χ4v) is 1.61. The van der Waals surface area contributed by atoms with Gasteiger partial charge < -0.3 is 4.42 Å². The Labute approximate surface area is 93.9 Å². The Kier molecular flexibility index (Phi) is 2.58. The minimum atomic E-state index is -0.128. The predicted octanol–water partition coefficient (Wildman–Crippen LogP) is 2.53. The van der Waals surface area contributed by atoms with Gasteiger partial charge in [-0.1, -0.05) is 27.7 Å². The van der Waals surface area contributed by atoms with Crippen LogP contribution in [0.4, 0.5) is 0 Å². The summed E-state index contributed by atoms with van der Waals surface area (Å²) in [5, 5.41) is 4.05. The van der Waals surface area contributed by atoms with Gasteiger partial charge in [-0.05, 0) is 5.92 Å². The van der Waals surface area contributed by atoms with E-state index >= 15 is 0 Å². The molecular formula is C12H16N2O2. The Morgan fingerprint density at radius 3 is 2.50 bits per heavy atom. The third kappa shape index (κ3) is 1.64. The van der Waals surface area contributed by atoms with Crippen molar-refractivity contribution in [1.29, 1.82) is 0 Å². The van der Waals surface area contributed by atoms with Gasteiger partial charge in [-0.25, -0.2) is 0 Å². The van der Waals surface area contributed by atoms with E-state index in [1.54, 1.807) is 6.20 Å². The van der Waals surface area contributed by atoms with E-state index in [0.717, 1.165) is 5.56 Å². The molecule has 0 bridgehead atoms. The highest BCUT2D eigenvalue weighted by molar-refractivity contribution is 5.44. The number of hydrogen-bond acceptors (Lipinski definition) is 3. The van der Waals surface area contributed by atoms with Gasteiger partial charge in [0.15, 0.2) is 0 Å². The molecule has 2 heterocycles. The van der Waals surface area contributed by atoms with Gasteiger partial charge in [0.2, 0.25) is 5.71 Å². The molecule has 2 aromatic rings. The first-order chi connectivity index (χ1) is 7.50. The number of fused-ring (bicyclic) bond motifs is 1. The lowest BCUT2D eigenvalue weighted by Crippen LogP contribution is -2.14. The fraction of sp³-hybridized carbons (Fsp3) is 0.500. The summed E-state index contributed by atoms with van der Waals surface area (Å²) in [7, 11) is 0. The molecule has 0 atom stereocenters. The van der Waals surface area contributed by atoms with Gasteiger partial charge in [-0.15, -0.1) is 0 Å². The summed E-state index contributed by atoms with van der Waals surface area (Å²) in [6.45, 7) is 8.11. The van der Waals surface area contributed by atoms with Crippen molar-refractivity contribution in [3.05, 3.63) is 33.9 Å². The summed E-state index contributed by atoms with van der Waals surface area (Å²) in [6.07, 6.45) is 1.70. The molecule has 0 radical (unpaired) electrons. The molecule has 0 spiro atoms. The topological polar surface area (TPSA) is 47.5 Å². The van der Waals surface area contributed by atoms with Crippen molar-refractivity contribution in [2.24, 2.45) is 0 Å². The second kappa shape index (κ2) is 3.77. The molecule has 0 unspecified atom stereocenters. The molecule has 0 saturated carbocycles. The molecule has 0 amide bonds. The average Bonchev–Trinajstić information content (AvgIpc) is 2.61. The van der Waals surface area contributed by atoms with Crippen LogP contribution in [0.5, 0.6) is 0 Å². The number of nitrogens with zero attached hydrogens (tertiary/aromatic N) is 2. The monoisotopic (exact) mass is 220 g/mol. The SMILES string of the molecule is CC(C)c1cc(=O)n2ncc(C(C)C)c2o1. The molecule has 86 valence electrons. The van der Waals surface area contributed by atoms with Gasteiger partial charge >= 0.3 is 0 Å². The maximum absolute atomic E-state index is 11.8. The highest BCUT2D eigenvalue weighted by Gasteiger charge is 2.14. The van der Waals surface area contributed by atoms with Crippen LogP contribution in [-0.2, 0) is 0 Å². The van der Waals surface area contributed by atoms with Crippen molar-refractivity contribution in [2.45, 2.75) is 39.5 Å². The van der Waals surface area contributed by atoms with E-state index in [9.17, 15) is 4.79 Å². The molecule has 2 rings (SSSR count). The maximum atomic E-state index is 11.8. The van der Waals surface area contributed by atoms with Crippen LogP contribution >= 0.6 is 0 Å². The molecule has 0 aliphatic heterocycles. The second-order valence-electron chi connectivity index (χ2n) is 4.61. The molecule has 4 heteroatoms. The van der Waals surface area contributed by atoms with Gasteiger partial charge in [0.25, 0.3) is 5.56 Å². The van der Waals surface area contributed by atoms with E-state index in [1.165, 1.54) is 10.6 Å². The average molecular weight is 220 g/mol. The van der Waals surface area contributed by atoms with E-state index < -0.39 is 0 Å². The van der Waals surface area contributed by atoms with Crippen LogP contribution in [0.3, 0.4) is 0 Å². The zero-order chi connectivity index (χ0) is 11.9. The summed E-state index contributed by atoms with van der Waals surface area (Å²) in [6, 6.07) is 1.51. The first-order valence-corrected chi connectivity index (χ1v) is 5.52. The fourth-order valence-electron chi connectivity index (χ4n) is 1.61. The van der Waals surface area contributed by atoms with Gasteiger partial charge in [0.1, 0.15) is 5.76 Å². The summed E-state index contributed by atoms with van der Waals surface area (Å²) < 4.78 is 7.06. The minimum absolute atomic E-state index is 0.128. The Morgan fingerprint density at radius 2 is 1.94 bits per heavy atom. The van der Waals surface area contributed by atoms with Gasteiger partial charge in [0.05, 0.1) is 6.20 Å². The van der Waals surface area contributed by atoms with Gasteiger partial charge in [-0.2, -0.15) is 9.61 Å². The molecule has 0 fully saturated rings. The smallest absolute Gasteiger partial charge is 0.277 e. The molecular weight excluding hydrogens is 204 g/mol. The minimum Gasteiger partial charge on any atom is -0.442 e. The Bertz CT molecular complexity index is 564. The Morgan fingerprint density at radius 1 is 1.25 bits per heavy atom. The quantitative estimate of drug-likeness (QED) is 0.781. The van der Waals surface area contributed by atoms with Crippen LogP contribution in [0, 0.1) is 0 Å². The van der Waals surface area contributed by atoms with E-state index in [0.29, 0.717) is 17.4 Å². The van der Waals surface area contributed by atoms with Crippen molar-refractivity contribution in [3.8, 4) is 0 Å². The molecule has 16 heavy (non-hydrogen) atoms. The standard InChI is InChI=1S/C12H16N2O2/c1-7(2)9-6-13-14-11(15)5-10(8(3)4)16-12(9)14/h5-8H,1-4H3. The van der Waals surface area contributed by atoms with Crippen LogP contribution in [0.25, 0.3) is 5.71 Å². The van der Waals surface area contributed by atoms with Crippen LogP contribution in [-0.4, -0.2) is 9.61 Å². The molecule has 4 nitrogen and oxygen atoms in total. The van der Waals surface area contributed by atoms with Crippen LogP contribution in [0.2, 0.25) is 0 Å². The van der Waals surface area contributed by atoms with Gasteiger partial charge in [0, 0.05) is 17.5 Å². The molecule has 0 saturated heterocycles. The largest absolute Gasteiger partial charge is 0.442 e. The summed E-state index contributed by atoms with van der Waals surface area (Å²) in [5.41, 5.74) is 1.42. The normalized spacial score (nSPS) is 11.9. The van der Waals surface area contributed by atoms with Gasteiger partial charge in [-0.3, -0.25) is 4.79 Å². The van der Waals surface area contributed by atoms with Crippen molar-refractivity contribution in [3.63, 3.8) is 0 Å². The predicted molar refractivity (Wildman–Crippen MR) is 61.9 cm³/mol. The lowest BCUT2D eigenvalue weighted by molar-refractivity contribution is 0.479. The summed E-state index contributed by atoms with van der Waals surface area (Å²) in [4.78, 5) is 11.8. The molecule has 0 aliphatic carbocycles. The lowest BCUT2D eigenvalue weighted by Gasteiger charge is -2.05. The summed E-state index contributed by atoms with van der Waals surface area (Å²) in [5.74, 6) is 1.20.